The fourth-order valence-electron chi connectivity index (χ4n) is 5.94. The molecule has 4 nitrogen and oxygen atoms in total. The van der Waals surface area contributed by atoms with E-state index in [1.54, 1.807) is 0 Å². The molecule has 0 bridgehead atoms. The van der Waals surface area contributed by atoms with E-state index in [2.05, 4.69) is 58.1 Å². The van der Waals surface area contributed by atoms with Gasteiger partial charge in [0.1, 0.15) is 0 Å². The van der Waals surface area contributed by atoms with Crippen LogP contribution in [0.3, 0.4) is 0 Å². The summed E-state index contributed by atoms with van der Waals surface area (Å²) in [6.07, 6.45) is 6.46. The molecule has 0 radical (unpaired) electrons. The first-order valence-electron chi connectivity index (χ1n) is 11.2. The van der Waals surface area contributed by atoms with Gasteiger partial charge in [-0.2, -0.15) is 0 Å². The predicted octanol–water partition coefficient (Wildman–Crippen LogP) is 4.21. The van der Waals surface area contributed by atoms with Crippen LogP contribution < -0.4 is 0 Å². The number of hydrogen-bond acceptors (Lipinski definition) is 3. The molecule has 2 aliphatic heterocycles. The van der Waals surface area contributed by atoms with Crippen molar-refractivity contribution in [2.45, 2.75) is 45.2 Å². The first kappa shape index (κ1) is 18.8. The Morgan fingerprint density at radius 3 is 2.59 bits per heavy atom. The van der Waals surface area contributed by atoms with Crippen molar-refractivity contribution in [3.05, 3.63) is 65.5 Å². The molecule has 2 aromatic rings. The lowest BCUT2D eigenvalue weighted by Crippen LogP contribution is -2.38. The lowest BCUT2D eigenvalue weighted by molar-refractivity contribution is -0.137. The van der Waals surface area contributed by atoms with Gasteiger partial charge < -0.3 is 4.90 Å². The number of rotatable bonds is 4. The van der Waals surface area contributed by atoms with Gasteiger partial charge >= 0.3 is 0 Å². The van der Waals surface area contributed by atoms with E-state index in [0.29, 0.717) is 17.7 Å². The molecule has 152 valence electrons. The smallest absolute Gasteiger partial charge is 0.226 e. The standard InChI is InChI=1S/C25H31N3O/c1-18-8-2-5-12-22(18)24-23-17-27(16-21-11-6-7-13-26-21)14-20(23)15-28(24)25(29)19-9-3-4-10-19/h2,5-8,11-13,19-20,23-24H,3-4,9-10,14-17H2,1H3/t20-,23-,24+/m0/s1. The molecule has 3 atom stereocenters. The van der Waals surface area contributed by atoms with Crippen molar-refractivity contribution in [1.29, 1.82) is 0 Å². The summed E-state index contributed by atoms with van der Waals surface area (Å²) in [5, 5.41) is 0. The van der Waals surface area contributed by atoms with E-state index in [4.69, 9.17) is 0 Å². The largest absolute Gasteiger partial charge is 0.335 e. The van der Waals surface area contributed by atoms with Crippen LogP contribution in [0.15, 0.2) is 48.7 Å². The van der Waals surface area contributed by atoms with Crippen molar-refractivity contribution in [3.8, 4) is 0 Å². The molecule has 3 fully saturated rings. The third-order valence-corrected chi connectivity index (χ3v) is 7.35. The summed E-state index contributed by atoms with van der Waals surface area (Å²) in [7, 11) is 0. The number of fused-ring (bicyclic) bond motifs is 1. The summed E-state index contributed by atoms with van der Waals surface area (Å²) in [4.78, 5) is 22.8. The number of hydrogen-bond donors (Lipinski definition) is 0. The van der Waals surface area contributed by atoms with Crippen molar-refractivity contribution in [2.24, 2.45) is 17.8 Å². The maximum Gasteiger partial charge on any atom is 0.226 e. The molecular formula is C25H31N3O. The van der Waals surface area contributed by atoms with Crippen LogP contribution in [0.2, 0.25) is 0 Å². The molecule has 1 aliphatic carbocycles. The van der Waals surface area contributed by atoms with Crippen molar-refractivity contribution >= 4 is 5.91 Å². The second-order valence-corrected chi connectivity index (χ2v) is 9.21. The first-order chi connectivity index (χ1) is 14.2. The molecule has 5 rings (SSSR count). The number of likely N-dealkylation sites (tertiary alicyclic amines) is 2. The Kier molecular flexibility index (Phi) is 5.13. The third kappa shape index (κ3) is 3.59. The van der Waals surface area contributed by atoms with E-state index >= 15 is 0 Å². The Balaban J connectivity index is 1.40. The molecule has 3 aliphatic rings. The molecule has 3 heterocycles. The lowest BCUT2D eigenvalue weighted by atomic mass is 9.87. The summed E-state index contributed by atoms with van der Waals surface area (Å²) in [6.45, 7) is 6.14. The van der Waals surface area contributed by atoms with E-state index in [-0.39, 0.29) is 12.0 Å². The highest BCUT2D eigenvalue weighted by Crippen LogP contribution is 2.47. The minimum Gasteiger partial charge on any atom is -0.335 e. The van der Waals surface area contributed by atoms with Gasteiger partial charge in [0.05, 0.1) is 11.7 Å². The van der Waals surface area contributed by atoms with Crippen molar-refractivity contribution in [3.63, 3.8) is 0 Å². The summed E-state index contributed by atoms with van der Waals surface area (Å²) < 4.78 is 0. The summed E-state index contributed by atoms with van der Waals surface area (Å²) in [5.41, 5.74) is 3.80. The van der Waals surface area contributed by atoms with Crippen LogP contribution in [0.25, 0.3) is 0 Å². The predicted molar refractivity (Wildman–Crippen MR) is 114 cm³/mol. The van der Waals surface area contributed by atoms with Gasteiger partial charge in [0.2, 0.25) is 5.91 Å². The van der Waals surface area contributed by atoms with Crippen molar-refractivity contribution in [1.82, 2.24) is 14.8 Å². The quantitative estimate of drug-likeness (QED) is 0.786. The lowest BCUT2D eigenvalue weighted by Gasteiger charge is -2.32. The normalized spacial score (nSPS) is 27.5. The highest BCUT2D eigenvalue weighted by atomic mass is 16.2. The molecule has 1 amide bonds. The Morgan fingerprint density at radius 1 is 1.03 bits per heavy atom. The van der Waals surface area contributed by atoms with E-state index in [0.717, 1.165) is 44.7 Å². The number of carbonyl (C=O) groups excluding carboxylic acids is 1. The van der Waals surface area contributed by atoms with Crippen LogP contribution in [-0.4, -0.2) is 40.3 Å². The van der Waals surface area contributed by atoms with Gasteiger partial charge in [0.25, 0.3) is 0 Å². The topological polar surface area (TPSA) is 36.4 Å². The maximum absolute atomic E-state index is 13.4. The van der Waals surface area contributed by atoms with Crippen LogP contribution in [-0.2, 0) is 11.3 Å². The van der Waals surface area contributed by atoms with Gasteiger partial charge in [0.15, 0.2) is 0 Å². The fourth-order valence-corrected chi connectivity index (χ4v) is 5.94. The minimum atomic E-state index is 0.225. The molecule has 29 heavy (non-hydrogen) atoms. The Hall–Kier alpha value is -2.20. The summed E-state index contributed by atoms with van der Waals surface area (Å²) >= 11 is 0. The van der Waals surface area contributed by atoms with Crippen LogP contribution in [0, 0.1) is 24.7 Å². The summed E-state index contributed by atoms with van der Waals surface area (Å²) in [6, 6.07) is 15.1. The molecule has 0 N–H and O–H groups in total. The molecule has 4 heteroatoms. The van der Waals surface area contributed by atoms with E-state index in [9.17, 15) is 4.79 Å². The molecule has 0 unspecified atom stereocenters. The zero-order valence-corrected chi connectivity index (χ0v) is 17.3. The molecule has 1 aromatic carbocycles. The van der Waals surface area contributed by atoms with Gasteiger partial charge in [-0.05, 0) is 48.9 Å². The Bertz CT molecular complexity index is 861. The minimum absolute atomic E-state index is 0.225. The van der Waals surface area contributed by atoms with Gasteiger partial charge in [0, 0.05) is 44.2 Å². The number of carbonyl (C=O) groups is 1. The van der Waals surface area contributed by atoms with E-state index in [1.807, 2.05) is 12.3 Å². The SMILES string of the molecule is Cc1ccccc1[C@@H]1[C@H]2CN(Cc3ccccn3)C[C@H]2CN1C(=O)C1CCCC1. The zero-order chi connectivity index (χ0) is 19.8. The number of aryl methyl sites for hydroxylation is 1. The summed E-state index contributed by atoms with van der Waals surface area (Å²) in [5.74, 6) is 1.75. The second kappa shape index (κ2) is 7.91. The van der Waals surface area contributed by atoms with Crippen LogP contribution >= 0.6 is 0 Å². The average Bonchev–Trinajstić information content (AvgIpc) is 3.45. The number of nitrogens with zero attached hydrogens (tertiary/aromatic N) is 3. The highest BCUT2D eigenvalue weighted by Gasteiger charge is 2.50. The second-order valence-electron chi connectivity index (χ2n) is 9.21. The van der Waals surface area contributed by atoms with Gasteiger partial charge in [-0.25, -0.2) is 0 Å². The van der Waals surface area contributed by atoms with Crippen molar-refractivity contribution < 1.29 is 4.79 Å². The van der Waals surface area contributed by atoms with Crippen molar-refractivity contribution in [2.75, 3.05) is 19.6 Å². The fraction of sp³-hybridized carbons (Fsp3) is 0.520. The van der Waals surface area contributed by atoms with Crippen LogP contribution in [0.1, 0.15) is 48.5 Å². The molecule has 1 saturated carbocycles. The van der Waals surface area contributed by atoms with Crippen LogP contribution in [0.5, 0.6) is 0 Å². The molecule has 2 saturated heterocycles. The molecule has 1 aromatic heterocycles. The molecular weight excluding hydrogens is 358 g/mol. The average molecular weight is 390 g/mol. The maximum atomic E-state index is 13.4. The van der Waals surface area contributed by atoms with Gasteiger partial charge in [-0.1, -0.05) is 43.2 Å². The Morgan fingerprint density at radius 2 is 1.83 bits per heavy atom. The number of benzene rings is 1. The highest BCUT2D eigenvalue weighted by molar-refractivity contribution is 5.80. The number of aromatic nitrogens is 1. The monoisotopic (exact) mass is 389 g/mol. The van der Waals surface area contributed by atoms with E-state index < -0.39 is 0 Å². The van der Waals surface area contributed by atoms with Crippen LogP contribution in [0.4, 0.5) is 0 Å². The molecule has 0 spiro atoms. The first-order valence-corrected chi connectivity index (χ1v) is 11.2. The van der Waals surface area contributed by atoms with E-state index in [1.165, 1.54) is 24.0 Å². The van der Waals surface area contributed by atoms with Gasteiger partial charge in [-0.15, -0.1) is 0 Å². The number of pyridine rings is 1. The Labute approximate surface area is 173 Å². The van der Waals surface area contributed by atoms with Gasteiger partial charge in [-0.3, -0.25) is 14.7 Å². The zero-order valence-electron chi connectivity index (χ0n) is 17.3. The third-order valence-electron chi connectivity index (χ3n) is 7.35. The number of amides is 1.